The second-order valence-corrected chi connectivity index (χ2v) is 1.76. The summed E-state index contributed by atoms with van der Waals surface area (Å²) in [6.07, 6.45) is 3.19. The topological polar surface area (TPSA) is 57.5 Å². The third-order valence-electron chi connectivity index (χ3n) is 0.931. The van der Waals surface area contributed by atoms with Crippen LogP contribution in [0.5, 0.6) is 0 Å². The summed E-state index contributed by atoms with van der Waals surface area (Å²) in [4.78, 5) is 9.84. The molecule has 0 spiro atoms. The Kier molecular flexibility index (Phi) is 5.21. The van der Waals surface area contributed by atoms with Gasteiger partial charge in [-0.1, -0.05) is 6.42 Å². The van der Waals surface area contributed by atoms with E-state index in [-0.39, 0.29) is 6.61 Å². The molecule has 0 heterocycles. The highest BCUT2D eigenvalue weighted by Crippen LogP contribution is 1.96. The summed E-state index contributed by atoms with van der Waals surface area (Å²) in [6.45, 7) is 0.146. The fourth-order valence-electron chi connectivity index (χ4n) is 0.482. The summed E-state index contributed by atoms with van der Waals surface area (Å²) in [5.74, 6) is -0.882. The maximum absolute atomic E-state index is 9.84. The molecule has 2 N–H and O–H groups in total. The fourth-order valence-corrected chi connectivity index (χ4v) is 0.482. The molecule has 0 aromatic heterocycles. The highest BCUT2D eigenvalue weighted by molar-refractivity contribution is 5.76. The Hall–Kier alpha value is -0.570. The molecular weight excluding hydrogens is 120 g/mol. The van der Waals surface area contributed by atoms with E-state index in [1.165, 1.54) is 6.42 Å². The predicted octanol–water partition coefficient (Wildman–Crippen LogP) is 0.438. The summed E-state index contributed by atoms with van der Waals surface area (Å²) in [5, 5.41) is 16.4. The number of aliphatic hydroxyl groups is 1. The Bertz CT molecular complexity index is 80.4. The van der Waals surface area contributed by atoms with Crippen molar-refractivity contribution in [2.75, 3.05) is 6.61 Å². The van der Waals surface area contributed by atoms with Crippen molar-refractivity contribution in [3.8, 4) is 0 Å². The minimum atomic E-state index is -0.882. The molecule has 0 bridgehead atoms. The van der Waals surface area contributed by atoms with Crippen LogP contribution in [-0.2, 0) is 4.79 Å². The summed E-state index contributed by atoms with van der Waals surface area (Å²) in [7, 11) is 0. The first-order valence-electron chi connectivity index (χ1n) is 2.94. The standard InChI is InChI=1S/C6H11O3/c7-5-3-1-2-4-6(8)9/h4,7H,1-3,5H2,(H,8,9). The van der Waals surface area contributed by atoms with Gasteiger partial charge in [0.05, 0.1) is 6.42 Å². The molecule has 53 valence electrons. The maximum Gasteiger partial charge on any atom is 0.307 e. The SMILES string of the molecule is O=C(O)[CH]CCCCO. The van der Waals surface area contributed by atoms with E-state index < -0.39 is 5.97 Å². The molecule has 0 atom stereocenters. The lowest BCUT2D eigenvalue weighted by Crippen LogP contribution is -1.95. The molecule has 3 nitrogen and oxygen atoms in total. The zero-order valence-electron chi connectivity index (χ0n) is 5.21. The van der Waals surface area contributed by atoms with Crippen LogP contribution in [0, 0.1) is 6.42 Å². The molecule has 0 saturated carbocycles. The van der Waals surface area contributed by atoms with Gasteiger partial charge >= 0.3 is 5.97 Å². The number of carbonyl (C=O) groups is 1. The van der Waals surface area contributed by atoms with Crippen molar-refractivity contribution in [3.63, 3.8) is 0 Å². The first-order chi connectivity index (χ1) is 4.27. The maximum atomic E-state index is 9.84. The van der Waals surface area contributed by atoms with Gasteiger partial charge in [-0.15, -0.1) is 0 Å². The van der Waals surface area contributed by atoms with Crippen LogP contribution < -0.4 is 0 Å². The van der Waals surface area contributed by atoms with Crippen LogP contribution >= 0.6 is 0 Å². The monoisotopic (exact) mass is 131 g/mol. The van der Waals surface area contributed by atoms with Gasteiger partial charge < -0.3 is 10.2 Å². The van der Waals surface area contributed by atoms with E-state index in [0.717, 1.165) is 6.42 Å². The van der Waals surface area contributed by atoms with Gasteiger partial charge in [0, 0.05) is 6.61 Å². The van der Waals surface area contributed by atoms with Crippen molar-refractivity contribution in [2.24, 2.45) is 0 Å². The van der Waals surface area contributed by atoms with E-state index >= 15 is 0 Å². The number of hydrogen-bond donors (Lipinski definition) is 2. The second kappa shape index (κ2) is 5.56. The molecule has 0 amide bonds. The quantitative estimate of drug-likeness (QED) is 0.532. The van der Waals surface area contributed by atoms with Gasteiger partial charge in [-0.05, 0) is 12.8 Å². The van der Waals surface area contributed by atoms with Gasteiger partial charge in [0.15, 0.2) is 0 Å². The molecule has 0 rings (SSSR count). The fraction of sp³-hybridized carbons (Fsp3) is 0.667. The zero-order valence-corrected chi connectivity index (χ0v) is 5.21. The van der Waals surface area contributed by atoms with Crippen molar-refractivity contribution >= 4 is 5.97 Å². The highest BCUT2D eigenvalue weighted by atomic mass is 16.4. The molecule has 3 heteroatoms. The first-order valence-corrected chi connectivity index (χ1v) is 2.94. The van der Waals surface area contributed by atoms with Crippen LogP contribution in [0.25, 0.3) is 0 Å². The van der Waals surface area contributed by atoms with E-state index in [1.807, 2.05) is 0 Å². The first kappa shape index (κ1) is 8.43. The molecule has 0 fully saturated rings. The van der Waals surface area contributed by atoms with Crippen LogP contribution in [0.4, 0.5) is 0 Å². The Labute approximate surface area is 54.3 Å². The molecule has 0 aliphatic rings. The number of carboxylic acids is 1. The third-order valence-corrected chi connectivity index (χ3v) is 0.931. The van der Waals surface area contributed by atoms with E-state index in [0.29, 0.717) is 12.8 Å². The lowest BCUT2D eigenvalue weighted by molar-refractivity contribution is -0.133. The molecular formula is C6H11O3. The number of rotatable bonds is 5. The predicted molar refractivity (Wildman–Crippen MR) is 32.9 cm³/mol. The van der Waals surface area contributed by atoms with Gasteiger partial charge in [0.2, 0.25) is 0 Å². The van der Waals surface area contributed by atoms with Crippen LogP contribution in [0.3, 0.4) is 0 Å². The van der Waals surface area contributed by atoms with Crippen LogP contribution in [0.1, 0.15) is 19.3 Å². The smallest absolute Gasteiger partial charge is 0.307 e. The van der Waals surface area contributed by atoms with E-state index in [9.17, 15) is 4.79 Å². The number of carboxylic acid groups (broad SMARTS) is 1. The largest absolute Gasteiger partial charge is 0.481 e. The van der Waals surface area contributed by atoms with Crippen molar-refractivity contribution in [1.82, 2.24) is 0 Å². The van der Waals surface area contributed by atoms with E-state index in [2.05, 4.69) is 0 Å². The number of aliphatic carboxylic acids is 1. The minimum Gasteiger partial charge on any atom is -0.481 e. The van der Waals surface area contributed by atoms with Crippen LogP contribution in [0.15, 0.2) is 0 Å². The van der Waals surface area contributed by atoms with Crippen molar-refractivity contribution < 1.29 is 15.0 Å². The van der Waals surface area contributed by atoms with Gasteiger partial charge in [0.1, 0.15) is 0 Å². The molecule has 0 aromatic carbocycles. The lowest BCUT2D eigenvalue weighted by atomic mass is 10.2. The van der Waals surface area contributed by atoms with E-state index in [4.69, 9.17) is 10.2 Å². The lowest BCUT2D eigenvalue weighted by Gasteiger charge is -1.92. The number of unbranched alkanes of at least 4 members (excludes halogenated alkanes) is 2. The zero-order chi connectivity index (χ0) is 7.11. The molecule has 0 saturated heterocycles. The summed E-state index contributed by atoms with van der Waals surface area (Å²) >= 11 is 0. The Morgan fingerprint density at radius 1 is 1.44 bits per heavy atom. The van der Waals surface area contributed by atoms with Crippen LogP contribution in [-0.4, -0.2) is 22.8 Å². The van der Waals surface area contributed by atoms with Crippen molar-refractivity contribution in [1.29, 1.82) is 0 Å². The average Bonchev–Trinajstić information content (AvgIpc) is 1.80. The summed E-state index contributed by atoms with van der Waals surface area (Å²) in [6, 6.07) is 0. The van der Waals surface area contributed by atoms with Crippen LogP contribution in [0.2, 0.25) is 0 Å². The van der Waals surface area contributed by atoms with Gasteiger partial charge in [-0.3, -0.25) is 4.79 Å². The van der Waals surface area contributed by atoms with Gasteiger partial charge in [0.25, 0.3) is 0 Å². The van der Waals surface area contributed by atoms with Gasteiger partial charge in [-0.25, -0.2) is 0 Å². The molecule has 0 aromatic rings. The van der Waals surface area contributed by atoms with Crippen molar-refractivity contribution in [2.45, 2.75) is 19.3 Å². The molecule has 0 unspecified atom stereocenters. The highest BCUT2D eigenvalue weighted by Gasteiger charge is 1.95. The van der Waals surface area contributed by atoms with Crippen molar-refractivity contribution in [3.05, 3.63) is 6.42 Å². The average molecular weight is 131 g/mol. The Morgan fingerprint density at radius 3 is 2.56 bits per heavy atom. The number of hydrogen-bond acceptors (Lipinski definition) is 2. The van der Waals surface area contributed by atoms with E-state index in [1.54, 1.807) is 0 Å². The number of aliphatic hydroxyl groups excluding tert-OH is 1. The summed E-state index contributed by atoms with van der Waals surface area (Å²) in [5.41, 5.74) is 0. The second-order valence-electron chi connectivity index (χ2n) is 1.76. The molecule has 9 heavy (non-hydrogen) atoms. The Morgan fingerprint density at radius 2 is 2.11 bits per heavy atom. The molecule has 0 aliphatic carbocycles. The molecule has 1 radical (unpaired) electrons. The summed E-state index contributed by atoms with van der Waals surface area (Å²) < 4.78 is 0. The van der Waals surface area contributed by atoms with Gasteiger partial charge in [-0.2, -0.15) is 0 Å². The minimum absolute atomic E-state index is 0.146. The molecule has 0 aliphatic heterocycles. The Balaban J connectivity index is 2.83. The third kappa shape index (κ3) is 7.43. The normalized spacial score (nSPS) is 9.44.